The van der Waals surface area contributed by atoms with Crippen LogP contribution in [-0.2, 0) is 11.3 Å². The van der Waals surface area contributed by atoms with Crippen LogP contribution in [0.1, 0.15) is 29.9 Å². The molecule has 1 fully saturated rings. The molecular weight excluding hydrogens is 374 g/mol. The molecule has 1 aliphatic heterocycles. The van der Waals surface area contributed by atoms with Gasteiger partial charge in [-0.15, -0.1) is 11.3 Å². The molecule has 0 saturated carbocycles. The molecule has 28 heavy (non-hydrogen) atoms. The number of rotatable bonds is 5. The van der Waals surface area contributed by atoms with Gasteiger partial charge < -0.3 is 9.30 Å². The first kappa shape index (κ1) is 18.8. The second-order valence-corrected chi connectivity index (χ2v) is 7.92. The monoisotopic (exact) mass is 397 g/mol. The summed E-state index contributed by atoms with van der Waals surface area (Å²) < 4.78 is 7.66. The summed E-state index contributed by atoms with van der Waals surface area (Å²) in [6.45, 7) is 6.74. The van der Waals surface area contributed by atoms with Gasteiger partial charge in [0.1, 0.15) is 0 Å². The number of ether oxygens (including phenoxy) is 1. The first-order valence-corrected chi connectivity index (χ1v) is 10.2. The molecule has 8 heteroatoms. The van der Waals surface area contributed by atoms with Crippen molar-refractivity contribution in [1.82, 2.24) is 19.4 Å². The third kappa shape index (κ3) is 4.46. The van der Waals surface area contributed by atoms with Crippen molar-refractivity contribution < 1.29 is 9.53 Å². The lowest BCUT2D eigenvalue weighted by atomic mass is 10.2. The van der Waals surface area contributed by atoms with E-state index in [0.29, 0.717) is 10.7 Å². The quantitative estimate of drug-likeness (QED) is 0.716. The molecule has 3 heterocycles. The fourth-order valence-electron chi connectivity index (χ4n) is 3.45. The first-order chi connectivity index (χ1) is 13.6. The van der Waals surface area contributed by atoms with E-state index in [1.165, 1.54) is 11.3 Å². The number of imidazole rings is 1. The van der Waals surface area contributed by atoms with Gasteiger partial charge in [0, 0.05) is 48.7 Å². The van der Waals surface area contributed by atoms with E-state index in [0.717, 1.165) is 31.0 Å². The minimum atomic E-state index is -0.160. The Hall–Kier alpha value is -2.55. The molecule has 0 unspecified atom stereocenters. The van der Waals surface area contributed by atoms with Gasteiger partial charge in [0.05, 0.1) is 24.2 Å². The number of hydrogen-bond donors (Lipinski definition) is 1. The average molecular weight is 398 g/mol. The highest BCUT2D eigenvalue weighted by Crippen LogP contribution is 2.20. The molecule has 146 valence electrons. The third-order valence-corrected chi connectivity index (χ3v) is 5.39. The average Bonchev–Trinajstić information content (AvgIpc) is 3.33. The zero-order valence-corrected chi connectivity index (χ0v) is 16.7. The van der Waals surface area contributed by atoms with Crippen molar-refractivity contribution in [3.8, 4) is 5.69 Å². The van der Waals surface area contributed by atoms with E-state index in [-0.39, 0.29) is 18.1 Å². The van der Waals surface area contributed by atoms with Crippen LogP contribution in [-0.4, -0.2) is 50.6 Å². The molecule has 1 aliphatic rings. The number of anilines is 1. The number of nitrogens with zero attached hydrogens (tertiary/aromatic N) is 4. The maximum Gasteiger partial charge on any atom is 0.257 e. The summed E-state index contributed by atoms with van der Waals surface area (Å²) in [6.07, 6.45) is 5.77. The normalized spacial score (nSPS) is 20.2. The SMILES string of the molecule is C[C@H]1CN(Cc2csc(NC(=O)c3ccc(-n4ccnc4)cc3)n2)C[C@H](C)O1. The summed E-state index contributed by atoms with van der Waals surface area (Å²) >= 11 is 1.45. The lowest BCUT2D eigenvalue weighted by Crippen LogP contribution is -2.44. The van der Waals surface area contributed by atoms with Gasteiger partial charge in [-0.05, 0) is 38.1 Å². The molecule has 7 nitrogen and oxygen atoms in total. The molecule has 0 spiro atoms. The minimum absolute atomic E-state index is 0.160. The predicted molar refractivity (Wildman–Crippen MR) is 109 cm³/mol. The van der Waals surface area contributed by atoms with Crippen molar-refractivity contribution >= 4 is 22.4 Å². The predicted octanol–water partition coefficient (Wildman–Crippen LogP) is 3.19. The van der Waals surface area contributed by atoms with Crippen LogP contribution in [0.2, 0.25) is 0 Å². The Balaban J connectivity index is 1.36. The summed E-state index contributed by atoms with van der Waals surface area (Å²) in [7, 11) is 0. The maximum absolute atomic E-state index is 12.5. The summed E-state index contributed by atoms with van der Waals surface area (Å²) in [6, 6.07) is 7.39. The van der Waals surface area contributed by atoms with E-state index < -0.39 is 0 Å². The van der Waals surface area contributed by atoms with Crippen molar-refractivity contribution in [1.29, 1.82) is 0 Å². The molecule has 1 saturated heterocycles. The Morgan fingerprint density at radius 1 is 1.25 bits per heavy atom. The Labute approximate surface area is 168 Å². The molecule has 0 aliphatic carbocycles. The Bertz CT molecular complexity index is 912. The van der Waals surface area contributed by atoms with Crippen LogP contribution in [0.5, 0.6) is 0 Å². The van der Waals surface area contributed by atoms with Gasteiger partial charge in [-0.25, -0.2) is 9.97 Å². The third-order valence-electron chi connectivity index (χ3n) is 4.59. The molecule has 1 aromatic carbocycles. The molecule has 2 aromatic heterocycles. The smallest absolute Gasteiger partial charge is 0.257 e. The van der Waals surface area contributed by atoms with Crippen molar-refractivity contribution in [2.75, 3.05) is 18.4 Å². The van der Waals surface area contributed by atoms with Gasteiger partial charge >= 0.3 is 0 Å². The lowest BCUT2D eigenvalue weighted by Gasteiger charge is -2.34. The summed E-state index contributed by atoms with van der Waals surface area (Å²) in [4.78, 5) is 23.4. The maximum atomic E-state index is 12.5. The highest BCUT2D eigenvalue weighted by molar-refractivity contribution is 7.13. The number of amides is 1. The number of aromatic nitrogens is 3. The lowest BCUT2D eigenvalue weighted by molar-refractivity contribution is -0.0707. The minimum Gasteiger partial charge on any atom is -0.373 e. The molecule has 0 bridgehead atoms. The zero-order chi connectivity index (χ0) is 19.5. The number of carbonyl (C=O) groups is 1. The molecule has 4 rings (SSSR count). The van der Waals surface area contributed by atoms with Crippen molar-refractivity contribution in [3.05, 3.63) is 59.6 Å². The molecule has 1 amide bonds. The Morgan fingerprint density at radius 2 is 2.00 bits per heavy atom. The van der Waals surface area contributed by atoms with Crippen molar-refractivity contribution in [3.63, 3.8) is 0 Å². The van der Waals surface area contributed by atoms with Gasteiger partial charge in [0.15, 0.2) is 5.13 Å². The second-order valence-electron chi connectivity index (χ2n) is 7.07. The summed E-state index contributed by atoms with van der Waals surface area (Å²) in [5, 5.41) is 5.51. The van der Waals surface area contributed by atoms with Gasteiger partial charge in [-0.3, -0.25) is 15.0 Å². The number of morpholine rings is 1. The molecule has 1 N–H and O–H groups in total. The van der Waals surface area contributed by atoms with E-state index in [9.17, 15) is 4.79 Å². The van der Waals surface area contributed by atoms with Gasteiger partial charge in [0.25, 0.3) is 5.91 Å². The fraction of sp³-hybridized carbons (Fsp3) is 0.350. The largest absolute Gasteiger partial charge is 0.373 e. The zero-order valence-electron chi connectivity index (χ0n) is 15.9. The van der Waals surface area contributed by atoms with Crippen LogP contribution < -0.4 is 5.32 Å². The van der Waals surface area contributed by atoms with Crippen LogP contribution in [0, 0.1) is 0 Å². The summed E-state index contributed by atoms with van der Waals surface area (Å²) in [5.74, 6) is -0.160. The number of benzene rings is 1. The van der Waals surface area contributed by atoms with Crippen LogP contribution in [0.25, 0.3) is 5.69 Å². The van der Waals surface area contributed by atoms with E-state index in [4.69, 9.17) is 4.74 Å². The van der Waals surface area contributed by atoms with Crippen LogP contribution >= 0.6 is 11.3 Å². The van der Waals surface area contributed by atoms with E-state index in [2.05, 4.69) is 34.0 Å². The summed E-state index contributed by atoms with van der Waals surface area (Å²) in [5.41, 5.74) is 2.52. The molecular formula is C20H23N5O2S. The van der Waals surface area contributed by atoms with Crippen molar-refractivity contribution in [2.24, 2.45) is 0 Å². The molecule has 0 radical (unpaired) electrons. The fourth-order valence-corrected chi connectivity index (χ4v) is 4.14. The first-order valence-electron chi connectivity index (χ1n) is 9.29. The molecule has 3 aromatic rings. The number of thiazole rings is 1. The topological polar surface area (TPSA) is 72.3 Å². The number of nitrogens with one attached hydrogen (secondary N) is 1. The number of carbonyl (C=O) groups excluding carboxylic acids is 1. The number of hydrogen-bond acceptors (Lipinski definition) is 6. The Morgan fingerprint density at radius 3 is 2.68 bits per heavy atom. The van der Waals surface area contributed by atoms with Crippen LogP contribution in [0.15, 0.2) is 48.4 Å². The van der Waals surface area contributed by atoms with E-state index in [1.807, 2.05) is 28.3 Å². The van der Waals surface area contributed by atoms with Crippen molar-refractivity contribution in [2.45, 2.75) is 32.6 Å². The molecule has 2 atom stereocenters. The van der Waals surface area contributed by atoms with Gasteiger partial charge in [0.2, 0.25) is 0 Å². The van der Waals surface area contributed by atoms with Crippen LogP contribution in [0.3, 0.4) is 0 Å². The van der Waals surface area contributed by atoms with Gasteiger partial charge in [-0.2, -0.15) is 0 Å². The Kier molecular flexibility index (Phi) is 5.52. The second kappa shape index (κ2) is 8.22. The van der Waals surface area contributed by atoms with Crippen LogP contribution in [0.4, 0.5) is 5.13 Å². The standard InChI is InChI=1S/C20H23N5O2S/c1-14-9-24(10-15(2)27-14)11-17-12-28-20(22-17)23-19(26)16-3-5-18(6-4-16)25-8-7-21-13-25/h3-8,12-15H,9-11H2,1-2H3,(H,22,23,26)/t14-,15-/m0/s1. The highest BCUT2D eigenvalue weighted by atomic mass is 32.1. The van der Waals surface area contributed by atoms with E-state index in [1.54, 1.807) is 24.7 Å². The van der Waals surface area contributed by atoms with Gasteiger partial charge in [-0.1, -0.05) is 0 Å². The van der Waals surface area contributed by atoms with E-state index >= 15 is 0 Å². The highest BCUT2D eigenvalue weighted by Gasteiger charge is 2.22.